The highest BCUT2D eigenvalue weighted by atomic mass is 16.2. The summed E-state index contributed by atoms with van der Waals surface area (Å²) >= 11 is 0. The summed E-state index contributed by atoms with van der Waals surface area (Å²) in [5, 5.41) is 0. The van der Waals surface area contributed by atoms with Crippen molar-refractivity contribution < 1.29 is 9.59 Å². The van der Waals surface area contributed by atoms with Crippen molar-refractivity contribution >= 4 is 11.8 Å². The first-order valence-corrected chi connectivity index (χ1v) is 5.61. The third kappa shape index (κ3) is 2.46. The number of hydrogen-bond acceptors (Lipinski definition) is 6. The zero-order valence-corrected chi connectivity index (χ0v) is 10.3. The molecule has 6 N–H and O–H groups in total. The maximum atomic E-state index is 11.7. The predicted octanol–water partition coefficient (Wildman–Crippen LogP) is -0.649. The number of carbonyl (C=O) groups is 2. The van der Waals surface area contributed by atoms with Gasteiger partial charge in [0.2, 0.25) is 0 Å². The zero-order chi connectivity index (χ0) is 14.5. The molecule has 0 fully saturated rings. The average molecular weight is 272 g/mol. The Balaban J connectivity index is 2.64. The highest BCUT2D eigenvalue weighted by Crippen LogP contribution is 2.24. The number of amides is 2. The maximum absolute atomic E-state index is 11.7. The van der Waals surface area contributed by atoms with E-state index in [4.69, 9.17) is 11.7 Å². The summed E-state index contributed by atoms with van der Waals surface area (Å²) in [7, 11) is 0. The lowest BCUT2D eigenvalue weighted by Crippen LogP contribution is -2.32. The quantitative estimate of drug-likeness (QED) is 0.333. The average Bonchev–Trinajstić information content (AvgIpc) is 2.53. The standard InChI is InChI=1S/C12H12N6O2/c13-17-11(19)9-7(3-1-5-15-9)8-4-2-6-16-10(8)12(20)18-14/h1-6H,13-14H2,(H,17,19)(H,18,20). The molecule has 102 valence electrons. The Morgan fingerprint density at radius 3 is 1.60 bits per heavy atom. The lowest BCUT2D eigenvalue weighted by Gasteiger charge is -2.10. The van der Waals surface area contributed by atoms with E-state index in [0.29, 0.717) is 11.1 Å². The fourth-order valence-corrected chi connectivity index (χ4v) is 1.74. The van der Waals surface area contributed by atoms with Crippen LogP contribution < -0.4 is 22.5 Å². The Labute approximate surface area is 114 Å². The van der Waals surface area contributed by atoms with Crippen molar-refractivity contribution in [3.63, 3.8) is 0 Å². The van der Waals surface area contributed by atoms with Gasteiger partial charge in [-0.3, -0.25) is 30.4 Å². The Hall–Kier alpha value is -2.84. The number of nitrogens with one attached hydrogen (secondary N) is 2. The van der Waals surface area contributed by atoms with Crippen molar-refractivity contribution in [2.45, 2.75) is 0 Å². The van der Waals surface area contributed by atoms with Crippen molar-refractivity contribution in [1.29, 1.82) is 0 Å². The molecule has 0 aliphatic carbocycles. The first-order valence-electron chi connectivity index (χ1n) is 5.61. The number of nitrogen functional groups attached to an aromatic ring is 2. The van der Waals surface area contributed by atoms with E-state index in [0.717, 1.165) is 0 Å². The van der Waals surface area contributed by atoms with Gasteiger partial charge in [0.25, 0.3) is 11.8 Å². The smallest absolute Gasteiger partial charge is 0.284 e. The van der Waals surface area contributed by atoms with Crippen LogP contribution in [0.1, 0.15) is 21.0 Å². The van der Waals surface area contributed by atoms with Gasteiger partial charge in [0.15, 0.2) is 0 Å². The molecule has 20 heavy (non-hydrogen) atoms. The Morgan fingerprint density at radius 1 is 0.850 bits per heavy atom. The molecule has 0 aliphatic heterocycles. The summed E-state index contributed by atoms with van der Waals surface area (Å²) in [6.07, 6.45) is 2.90. The second kappa shape index (κ2) is 5.87. The summed E-state index contributed by atoms with van der Waals surface area (Å²) in [6.45, 7) is 0. The molecule has 0 spiro atoms. The van der Waals surface area contributed by atoms with Crippen LogP contribution in [-0.4, -0.2) is 21.8 Å². The predicted molar refractivity (Wildman–Crippen MR) is 70.8 cm³/mol. The molecule has 0 radical (unpaired) electrons. The van der Waals surface area contributed by atoms with Crippen LogP contribution in [0.3, 0.4) is 0 Å². The highest BCUT2D eigenvalue weighted by molar-refractivity contribution is 6.03. The van der Waals surface area contributed by atoms with Gasteiger partial charge in [-0.1, -0.05) is 12.1 Å². The van der Waals surface area contributed by atoms with E-state index < -0.39 is 11.8 Å². The van der Waals surface area contributed by atoms with Gasteiger partial charge in [-0.2, -0.15) is 0 Å². The van der Waals surface area contributed by atoms with Crippen LogP contribution in [0.5, 0.6) is 0 Å². The van der Waals surface area contributed by atoms with E-state index in [2.05, 4.69) is 9.97 Å². The molecule has 0 saturated heterocycles. The topological polar surface area (TPSA) is 136 Å². The molecule has 0 unspecified atom stereocenters. The highest BCUT2D eigenvalue weighted by Gasteiger charge is 2.19. The molecule has 2 amide bonds. The maximum Gasteiger partial charge on any atom is 0.284 e. The van der Waals surface area contributed by atoms with Crippen LogP contribution in [0.25, 0.3) is 11.1 Å². The fourth-order valence-electron chi connectivity index (χ4n) is 1.74. The number of hydrogen-bond donors (Lipinski definition) is 4. The molecule has 0 atom stereocenters. The van der Waals surface area contributed by atoms with Crippen LogP contribution in [-0.2, 0) is 0 Å². The van der Waals surface area contributed by atoms with E-state index >= 15 is 0 Å². The SMILES string of the molecule is NNC(=O)c1ncccc1-c1cccnc1C(=O)NN. The lowest BCUT2D eigenvalue weighted by molar-refractivity contribution is 0.0939. The second-order valence-corrected chi connectivity index (χ2v) is 3.75. The summed E-state index contributed by atoms with van der Waals surface area (Å²) in [5.41, 5.74) is 5.06. The van der Waals surface area contributed by atoms with Crippen molar-refractivity contribution in [3.05, 3.63) is 48.0 Å². The Morgan fingerprint density at radius 2 is 1.25 bits per heavy atom. The van der Waals surface area contributed by atoms with E-state index in [9.17, 15) is 9.59 Å². The zero-order valence-electron chi connectivity index (χ0n) is 10.3. The van der Waals surface area contributed by atoms with E-state index in [-0.39, 0.29) is 11.4 Å². The van der Waals surface area contributed by atoms with Gasteiger partial charge in [0.1, 0.15) is 11.4 Å². The van der Waals surface area contributed by atoms with Gasteiger partial charge < -0.3 is 0 Å². The Bertz CT molecular complexity index is 600. The van der Waals surface area contributed by atoms with Crippen LogP contribution in [0.4, 0.5) is 0 Å². The van der Waals surface area contributed by atoms with Gasteiger partial charge in [0, 0.05) is 23.5 Å². The summed E-state index contributed by atoms with van der Waals surface area (Å²) in [5.74, 6) is 9.11. The van der Waals surface area contributed by atoms with Crippen molar-refractivity contribution in [2.75, 3.05) is 0 Å². The third-order valence-electron chi connectivity index (χ3n) is 2.60. The van der Waals surface area contributed by atoms with E-state index in [1.165, 1.54) is 12.4 Å². The van der Waals surface area contributed by atoms with E-state index in [1.54, 1.807) is 24.3 Å². The number of aromatic nitrogens is 2. The second-order valence-electron chi connectivity index (χ2n) is 3.75. The monoisotopic (exact) mass is 272 g/mol. The van der Waals surface area contributed by atoms with Crippen molar-refractivity contribution in [3.8, 4) is 11.1 Å². The normalized spacial score (nSPS) is 9.90. The minimum Gasteiger partial charge on any atom is -0.289 e. The number of carbonyl (C=O) groups excluding carboxylic acids is 2. The molecule has 2 aromatic rings. The molecule has 0 aromatic carbocycles. The molecule has 8 nitrogen and oxygen atoms in total. The molecule has 0 bridgehead atoms. The largest absolute Gasteiger partial charge is 0.289 e. The van der Waals surface area contributed by atoms with Crippen LogP contribution in [0, 0.1) is 0 Å². The third-order valence-corrected chi connectivity index (χ3v) is 2.60. The van der Waals surface area contributed by atoms with Crippen molar-refractivity contribution in [2.24, 2.45) is 11.7 Å². The molecule has 0 saturated carbocycles. The fraction of sp³-hybridized carbons (Fsp3) is 0. The number of pyridine rings is 2. The molecule has 2 rings (SSSR count). The number of nitrogens with two attached hydrogens (primary N) is 2. The first kappa shape index (κ1) is 13.6. The molecule has 0 aliphatic rings. The Kier molecular flexibility index (Phi) is 3.99. The first-order chi connectivity index (χ1) is 9.69. The molecular weight excluding hydrogens is 260 g/mol. The molecule has 8 heteroatoms. The summed E-state index contributed by atoms with van der Waals surface area (Å²) < 4.78 is 0. The van der Waals surface area contributed by atoms with Gasteiger partial charge in [0.05, 0.1) is 0 Å². The summed E-state index contributed by atoms with van der Waals surface area (Å²) in [6, 6.07) is 6.56. The van der Waals surface area contributed by atoms with Crippen LogP contribution >= 0.6 is 0 Å². The van der Waals surface area contributed by atoms with Gasteiger partial charge in [-0.25, -0.2) is 11.7 Å². The molecule has 2 aromatic heterocycles. The molecule has 2 heterocycles. The minimum atomic E-state index is -0.566. The van der Waals surface area contributed by atoms with Gasteiger partial charge >= 0.3 is 0 Å². The van der Waals surface area contributed by atoms with E-state index in [1.807, 2.05) is 10.9 Å². The number of hydrazine groups is 2. The lowest BCUT2D eigenvalue weighted by atomic mass is 10.0. The number of nitrogens with zero attached hydrogens (tertiary/aromatic N) is 2. The van der Waals surface area contributed by atoms with Crippen molar-refractivity contribution in [1.82, 2.24) is 20.8 Å². The minimum absolute atomic E-state index is 0.0917. The summed E-state index contributed by atoms with van der Waals surface area (Å²) in [4.78, 5) is 31.4. The molecular formula is C12H12N6O2. The van der Waals surface area contributed by atoms with Crippen LogP contribution in [0.2, 0.25) is 0 Å². The van der Waals surface area contributed by atoms with Gasteiger partial charge in [-0.15, -0.1) is 0 Å². The van der Waals surface area contributed by atoms with Gasteiger partial charge in [-0.05, 0) is 12.1 Å². The van der Waals surface area contributed by atoms with Crippen LogP contribution in [0.15, 0.2) is 36.7 Å². The number of rotatable bonds is 3.